The van der Waals surface area contributed by atoms with Gasteiger partial charge in [-0.2, -0.15) is 4.98 Å². The van der Waals surface area contributed by atoms with E-state index in [4.69, 9.17) is 4.74 Å². The van der Waals surface area contributed by atoms with Gasteiger partial charge >= 0.3 is 5.97 Å². The van der Waals surface area contributed by atoms with Crippen molar-refractivity contribution < 1.29 is 28.5 Å². The lowest BCUT2D eigenvalue weighted by Gasteiger charge is -2.24. The summed E-state index contributed by atoms with van der Waals surface area (Å²) in [5, 5.41) is 22.3. The number of fused-ring (bicyclic) bond motifs is 1. The van der Waals surface area contributed by atoms with Crippen molar-refractivity contribution in [1.82, 2.24) is 9.55 Å². The van der Waals surface area contributed by atoms with E-state index in [9.17, 15) is 28.6 Å². The monoisotopic (exact) mass is 447 g/mol. The van der Waals surface area contributed by atoms with E-state index in [1.54, 1.807) is 0 Å². The van der Waals surface area contributed by atoms with Gasteiger partial charge in [0, 0.05) is 18.8 Å². The van der Waals surface area contributed by atoms with Gasteiger partial charge in [-0.25, -0.2) is 13.6 Å². The van der Waals surface area contributed by atoms with Crippen LogP contribution in [0.15, 0.2) is 35.3 Å². The van der Waals surface area contributed by atoms with E-state index >= 15 is 0 Å². The molecule has 170 valence electrons. The van der Waals surface area contributed by atoms with Crippen LogP contribution in [-0.2, 0) is 6.54 Å². The number of carbonyl (C=O) groups is 1. The quantitative estimate of drug-likeness (QED) is 0.486. The first-order valence-corrected chi connectivity index (χ1v) is 9.83. The molecule has 0 unspecified atom stereocenters. The summed E-state index contributed by atoms with van der Waals surface area (Å²) in [5.74, 6) is -2.88. The summed E-state index contributed by atoms with van der Waals surface area (Å²) in [4.78, 5) is 28.9. The highest BCUT2D eigenvalue weighted by atomic mass is 19.1. The fourth-order valence-electron chi connectivity index (χ4n) is 3.47. The Bertz CT molecular complexity index is 1210. The number of hydrogen-bond acceptors (Lipinski definition) is 6. The number of ether oxygens (including phenoxy) is 1. The predicted octanol–water partition coefficient (Wildman–Crippen LogP) is 3.18. The number of hydrogen-bond donors (Lipinski definition) is 3. The van der Waals surface area contributed by atoms with Crippen molar-refractivity contribution >= 4 is 22.7 Å². The molecule has 3 rings (SSSR count). The molecule has 0 aliphatic rings. The standard InChI is InChI=1S/C22H23F2N3O5/c1-11(2)18(10-28)27-9-16(22(30)31)19(29)15-7-17(21(32-3)26-20(15)27)25-8-12-4-13(23)6-14(24)5-12/h4-7,9,11,18,25,28H,8,10H2,1-3H3,(H,30,31)/t18-/m1/s1. The second-order valence-electron chi connectivity index (χ2n) is 7.63. The molecule has 2 aromatic heterocycles. The van der Waals surface area contributed by atoms with Gasteiger partial charge in [-0.3, -0.25) is 4.79 Å². The van der Waals surface area contributed by atoms with Crippen LogP contribution in [-0.4, -0.2) is 39.5 Å². The Hall–Kier alpha value is -3.53. The van der Waals surface area contributed by atoms with Crippen LogP contribution in [0.25, 0.3) is 11.0 Å². The molecule has 0 saturated heterocycles. The number of aliphatic hydroxyl groups is 1. The number of pyridine rings is 2. The van der Waals surface area contributed by atoms with Gasteiger partial charge in [0.05, 0.1) is 30.8 Å². The molecule has 2 heterocycles. The average Bonchev–Trinajstić information content (AvgIpc) is 2.72. The van der Waals surface area contributed by atoms with E-state index in [1.807, 2.05) is 13.8 Å². The van der Waals surface area contributed by atoms with Crippen LogP contribution in [0.1, 0.15) is 35.8 Å². The lowest BCUT2D eigenvalue weighted by molar-refractivity contribution is 0.0694. The van der Waals surface area contributed by atoms with Crippen molar-refractivity contribution in [3.8, 4) is 5.88 Å². The first-order valence-electron chi connectivity index (χ1n) is 9.83. The van der Waals surface area contributed by atoms with Crippen LogP contribution in [0, 0.1) is 17.6 Å². The molecule has 3 N–H and O–H groups in total. The fourth-order valence-corrected chi connectivity index (χ4v) is 3.47. The van der Waals surface area contributed by atoms with E-state index in [0.717, 1.165) is 18.2 Å². The molecule has 0 spiro atoms. The van der Waals surface area contributed by atoms with Crippen LogP contribution in [0.3, 0.4) is 0 Å². The summed E-state index contributed by atoms with van der Waals surface area (Å²) in [7, 11) is 1.36. The van der Waals surface area contributed by atoms with E-state index in [1.165, 1.54) is 23.9 Å². The van der Waals surface area contributed by atoms with Crippen molar-refractivity contribution in [3.63, 3.8) is 0 Å². The van der Waals surface area contributed by atoms with Gasteiger partial charge in [0.15, 0.2) is 0 Å². The predicted molar refractivity (Wildman–Crippen MR) is 114 cm³/mol. The topological polar surface area (TPSA) is 114 Å². The smallest absolute Gasteiger partial charge is 0.341 e. The number of nitrogens with zero attached hydrogens (tertiary/aromatic N) is 2. The molecule has 0 saturated carbocycles. The molecule has 1 atom stereocenters. The zero-order valence-corrected chi connectivity index (χ0v) is 17.7. The molecule has 0 amide bonds. The maximum atomic E-state index is 13.5. The Morgan fingerprint density at radius 1 is 1.22 bits per heavy atom. The van der Waals surface area contributed by atoms with Crippen LogP contribution < -0.4 is 15.5 Å². The number of aromatic nitrogens is 2. The number of aromatic carboxylic acids is 1. The van der Waals surface area contributed by atoms with Gasteiger partial charge < -0.3 is 24.8 Å². The Labute approximate surface area is 182 Å². The minimum atomic E-state index is -1.41. The van der Waals surface area contributed by atoms with E-state index < -0.39 is 34.6 Å². The first kappa shape index (κ1) is 23.1. The molecule has 10 heteroatoms. The lowest BCUT2D eigenvalue weighted by Crippen LogP contribution is -2.26. The van der Waals surface area contributed by atoms with Crippen LogP contribution in [0.4, 0.5) is 14.5 Å². The van der Waals surface area contributed by atoms with Crippen molar-refractivity contribution in [2.75, 3.05) is 19.0 Å². The zero-order valence-electron chi connectivity index (χ0n) is 17.7. The number of methoxy groups -OCH3 is 1. The molecule has 0 fully saturated rings. The second-order valence-corrected chi connectivity index (χ2v) is 7.63. The third-order valence-electron chi connectivity index (χ3n) is 5.11. The highest BCUT2D eigenvalue weighted by molar-refractivity contribution is 5.93. The SMILES string of the molecule is COc1nc2c(cc1NCc1cc(F)cc(F)c1)c(=O)c(C(=O)O)cn2[C@H](CO)C(C)C. The van der Waals surface area contributed by atoms with Crippen LogP contribution in [0.2, 0.25) is 0 Å². The highest BCUT2D eigenvalue weighted by Crippen LogP contribution is 2.29. The molecule has 32 heavy (non-hydrogen) atoms. The van der Waals surface area contributed by atoms with Crippen LogP contribution >= 0.6 is 0 Å². The molecule has 0 aliphatic carbocycles. The molecule has 3 aromatic rings. The van der Waals surface area contributed by atoms with Gasteiger partial charge in [-0.15, -0.1) is 0 Å². The molecule has 0 bridgehead atoms. The summed E-state index contributed by atoms with van der Waals surface area (Å²) >= 11 is 0. The number of aliphatic hydroxyl groups excluding tert-OH is 1. The van der Waals surface area contributed by atoms with Crippen molar-refractivity contribution in [1.29, 1.82) is 0 Å². The summed E-state index contributed by atoms with van der Waals surface area (Å²) in [6.45, 7) is 3.38. The molecule has 0 aliphatic heterocycles. The van der Waals surface area contributed by atoms with Crippen LogP contribution in [0.5, 0.6) is 5.88 Å². The number of carboxylic acid groups (broad SMARTS) is 1. The van der Waals surface area contributed by atoms with Crippen molar-refractivity contribution in [2.24, 2.45) is 5.92 Å². The van der Waals surface area contributed by atoms with Gasteiger partial charge in [0.2, 0.25) is 11.3 Å². The molecule has 0 radical (unpaired) electrons. The third kappa shape index (κ3) is 4.54. The molecule has 8 nitrogen and oxygen atoms in total. The maximum Gasteiger partial charge on any atom is 0.341 e. The number of benzene rings is 1. The minimum Gasteiger partial charge on any atom is -0.479 e. The summed E-state index contributed by atoms with van der Waals surface area (Å²) < 4.78 is 33.7. The zero-order chi connectivity index (χ0) is 23.6. The van der Waals surface area contributed by atoms with E-state index in [0.29, 0.717) is 5.56 Å². The summed E-state index contributed by atoms with van der Waals surface area (Å²) in [6, 6.07) is 3.91. The number of carboxylic acids is 1. The van der Waals surface area contributed by atoms with Gasteiger partial charge in [-0.05, 0) is 29.7 Å². The number of halogens is 2. The Morgan fingerprint density at radius 3 is 2.41 bits per heavy atom. The lowest BCUT2D eigenvalue weighted by atomic mass is 10.0. The molecular weight excluding hydrogens is 424 g/mol. The fraction of sp³-hybridized carbons (Fsp3) is 0.318. The van der Waals surface area contributed by atoms with Gasteiger partial charge in [-0.1, -0.05) is 13.8 Å². The Balaban J connectivity index is 2.18. The van der Waals surface area contributed by atoms with E-state index in [-0.39, 0.29) is 41.7 Å². The number of rotatable bonds is 8. The maximum absolute atomic E-state index is 13.5. The first-order chi connectivity index (χ1) is 15.2. The average molecular weight is 447 g/mol. The van der Waals surface area contributed by atoms with E-state index in [2.05, 4.69) is 10.3 Å². The number of nitrogens with one attached hydrogen (secondary N) is 1. The molecule has 1 aromatic carbocycles. The van der Waals surface area contributed by atoms with Crippen molar-refractivity contribution in [3.05, 3.63) is 63.4 Å². The summed E-state index contributed by atoms with van der Waals surface area (Å²) in [5.41, 5.74) is -0.532. The summed E-state index contributed by atoms with van der Waals surface area (Å²) in [6.07, 6.45) is 1.17. The highest BCUT2D eigenvalue weighted by Gasteiger charge is 2.23. The second kappa shape index (κ2) is 9.31. The van der Waals surface area contributed by atoms with Gasteiger partial charge in [0.25, 0.3) is 0 Å². The minimum absolute atomic E-state index is 0.00211. The van der Waals surface area contributed by atoms with Gasteiger partial charge in [0.1, 0.15) is 22.8 Å². The molecular formula is C22H23F2N3O5. The normalized spacial score (nSPS) is 12.2. The number of anilines is 1. The van der Waals surface area contributed by atoms with Crippen molar-refractivity contribution in [2.45, 2.75) is 26.4 Å². The Morgan fingerprint density at radius 2 is 1.88 bits per heavy atom. The Kier molecular flexibility index (Phi) is 6.73. The third-order valence-corrected chi connectivity index (χ3v) is 5.11. The largest absolute Gasteiger partial charge is 0.479 e.